The van der Waals surface area contributed by atoms with Crippen molar-refractivity contribution < 1.29 is 8.78 Å². The molecule has 0 saturated heterocycles. The fraction of sp³-hybridized carbons (Fsp3) is 0.167. The number of aromatic nitrogens is 2. The Kier molecular flexibility index (Phi) is 4.55. The van der Waals surface area contributed by atoms with Gasteiger partial charge in [-0.3, -0.25) is 0 Å². The number of rotatable bonds is 4. The minimum absolute atomic E-state index is 0.254. The number of hydrogen-bond donors (Lipinski definition) is 1. The average Bonchev–Trinajstić information content (AvgIpc) is 2.37. The lowest BCUT2D eigenvalue weighted by Gasteiger charge is -2.07. The molecule has 1 N–H and O–H groups in total. The third-order valence-electron chi connectivity index (χ3n) is 2.15. The number of nitrogens with zero attached hydrogens (tertiary/aromatic N) is 2. The lowest BCUT2D eigenvalue weighted by Crippen LogP contribution is -2.02. The van der Waals surface area contributed by atoms with Crippen molar-refractivity contribution in [1.82, 2.24) is 9.97 Å². The summed E-state index contributed by atoms with van der Waals surface area (Å²) in [6.07, 6.45) is 1.44. The Bertz CT molecular complexity index is 595. The van der Waals surface area contributed by atoms with Crippen LogP contribution < -0.4 is 5.32 Å². The molecular formula is C12H10ClF2N3S. The summed E-state index contributed by atoms with van der Waals surface area (Å²) in [6.45, 7) is 2.57. The van der Waals surface area contributed by atoms with Crippen molar-refractivity contribution in [2.45, 2.75) is 16.8 Å². The third kappa shape index (κ3) is 3.54. The highest BCUT2D eigenvalue weighted by atomic mass is 35.5. The molecule has 2 aromatic rings. The minimum atomic E-state index is -0.648. The monoisotopic (exact) mass is 301 g/mol. The van der Waals surface area contributed by atoms with Gasteiger partial charge in [-0.1, -0.05) is 23.4 Å². The maximum atomic E-state index is 13.6. The summed E-state index contributed by atoms with van der Waals surface area (Å²) in [5, 5.41) is 3.67. The molecule has 0 atom stereocenters. The van der Waals surface area contributed by atoms with E-state index in [1.807, 2.05) is 6.92 Å². The van der Waals surface area contributed by atoms with Gasteiger partial charge in [-0.2, -0.15) is 0 Å². The van der Waals surface area contributed by atoms with E-state index in [0.717, 1.165) is 17.8 Å². The second kappa shape index (κ2) is 6.16. The summed E-state index contributed by atoms with van der Waals surface area (Å²) in [5.74, 6) is -0.856. The molecule has 0 aliphatic heterocycles. The molecule has 7 heteroatoms. The molecule has 2 rings (SSSR count). The van der Waals surface area contributed by atoms with Gasteiger partial charge in [0.05, 0.1) is 11.2 Å². The van der Waals surface area contributed by atoms with E-state index >= 15 is 0 Å². The molecular weight excluding hydrogens is 292 g/mol. The summed E-state index contributed by atoms with van der Waals surface area (Å²) in [7, 11) is 0. The van der Waals surface area contributed by atoms with Gasteiger partial charge < -0.3 is 5.32 Å². The molecule has 1 aromatic carbocycles. The van der Waals surface area contributed by atoms with Crippen molar-refractivity contribution in [2.75, 3.05) is 11.9 Å². The second-order valence-corrected chi connectivity index (χ2v) is 4.99. The van der Waals surface area contributed by atoms with Gasteiger partial charge in [0.2, 0.25) is 5.95 Å². The molecule has 0 spiro atoms. The SMILES string of the molecule is CCNc1ncc(Cl)c(Sc2ccc(F)cc2F)n1. The number of nitrogens with one attached hydrogen (secondary N) is 1. The Balaban J connectivity index is 2.29. The van der Waals surface area contributed by atoms with E-state index in [1.165, 1.54) is 18.3 Å². The van der Waals surface area contributed by atoms with E-state index in [-0.39, 0.29) is 4.90 Å². The zero-order valence-electron chi connectivity index (χ0n) is 9.95. The van der Waals surface area contributed by atoms with E-state index in [1.54, 1.807) is 0 Å². The van der Waals surface area contributed by atoms with Crippen LogP contribution in [0.2, 0.25) is 5.02 Å². The van der Waals surface area contributed by atoms with Crippen molar-refractivity contribution in [3.8, 4) is 0 Å². The summed E-state index contributed by atoms with van der Waals surface area (Å²) in [6, 6.07) is 3.36. The Hall–Kier alpha value is -1.40. The maximum Gasteiger partial charge on any atom is 0.223 e. The highest BCUT2D eigenvalue weighted by Gasteiger charge is 2.11. The second-order valence-electron chi connectivity index (χ2n) is 3.55. The predicted octanol–water partition coefficient (Wildman–Crippen LogP) is 3.99. The first kappa shape index (κ1) is 14.0. The van der Waals surface area contributed by atoms with Crippen molar-refractivity contribution >= 4 is 29.3 Å². The van der Waals surface area contributed by atoms with Crippen LogP contribution in [0.15, 0.2) is 34.3 Å². The molecule has 3 nitrogen and oxygen atoms in total. The van der Waals surface area contributed by atoms with Gasteiger partial charge in [-0.15, -0.1) is 0 Å². The van der Waals surface area contributed by atoms with Gasteiger partial charge in [0, 0.05) is 17.5 Å². The van der Waals surface area contributed by atoms with Crippen LogP contribution in [-0.2, 0) is 0 Å². The smallest absolute Gasteiger partial charge is 0.223 e. The van der Waals surface area contributed by atoms with Crippen LogP contribution in [0.3, 0.4) is 0 Å². The molecule has 0 saturated carbocycles. The van der Waals surface area contributed by atoms with Crippen molar-refractivity contribution in [2.24, 2.45) is 0 Å². The van der Waals surface area contributed by atoms with Gasteiger partial charge >= 0.3 is 0 Å². The number of benzene rings is 1. The summed E-state index contributed by atoms with van der Waals surface area (Å²) < 4.78 is 26.4. The lowest BCUT2D eigenvalue weighted by molar-refractivity contribution is 0.565. The standard InChI is InChI=1S/C12H10ClF2N3S/c1-2-16-12-17-6-8(13)11(18-12)19-10-4-3-7(14)5-9(10)15/h3-6H,2H2,1H3,(H,16,17,18). The molecule has 1 heterocycles. The van der Waals surface area contributed by atoms with Gasteiger partial charge in [-0.05, 0) is 19.1 Å². The maximum absolute atomic E-state index is 13.6. The molecule has 0 aliphatic rings. The fourth-order valence-electron chi connectivity index (χ4n) is 1.33. The molecule has 19 heavy (non-hydrogen) atoms. The third-order valence-corrected chi connectivity index (χ3v) is 3.59. The summed E-state index contributed by atoms with van der Waals surface area (Å²) >= 11 is 6.98. The number of hydrogen-bond acceptors (Lipinski definition) is 4. The Labute approximate surface area is 118 Å². The van der Waals surface area contributed by atoms with Crippen LogP contribution >= 0.6 is 23.4 Å². The van der Waals surface area contributed by atoms with Crippen LogP contribution in [0.1, 0.15) is 6.92 Å². The molecule has 0 amide bonds. The van der Waals surface area contributed by atoms with Crippen molar-refractivity contribution in [3.05, 3.63) is 41.1 Å². The summed E-state index contributed by atoms with van der Waals surface area (Å²) in [4.78, 5) is 8.41. The minimum Gasteiger partial charge on any atom is -0.354 e. The van der Waals surface area contributed by atoms with E-state index in [2.05, 4.69) is 15.3 Å². The Morgan fingerprint density at radius 3 is 2.84 bits per heavy atom. The molecule has 100 valence electrons. The number of halogens is 3. The van der Waals surface area contributed by atoms with Gasteiger partial charge in [0.25, 0.3) is 0 Å². The normalized spacial score (nSPS) is 10.5. The first-order valence-electron chi connectivity index (χ1n) is 5.49. The zero-order valence-corrected chi connectivity index (χ0v) is 11.5. The Morgan fingerprint density at radius 2 is 2.16 bits per heavy atom. The largest absolute Gasteiger partial charge is 0.354 e. The molecule has 0 unspecified atom stereocenters. The van der Waals surface area contributed by atoms with Crippen molar-refractivity contribution in [1.29, 1.82) is 0 Å². The lowest BCUT2D eigenvalue weighted by atomic mass is 10.3. The van der Waals surface area contributed by atoms with E-state index in [4.69, 9.17) is 11.6 Å². The highest BCUT2D eigenvalue weighted by Crippen LogP contribution is 2.33. The van der Waals surface area contributed by atoms with Gasteiger partial charge in [-0.25, -0.2) is 18.7 Å². The average molecular weight is 302 g/mol. The fourth-order valence-corrected chi connectivity index (χ4v) is 2.32. The molecule has 0 radical (unpaired) electrons. The van der Waals surface area contributed by atoms with E-state index in [9.17, 15) is 8.78 Å². The van der Waals surface area contributed by atoms with Crippen LogP contribution in [-0.4, -0.2) is 16.5 Å². The molecule has 0 bridgehead atoms. The summed E-state index contributed by atoms with van der Waals surface area (Å²) in [5.41, 5.74) is 0. The predicted molar refractivity (Wildman–Crippen MR) is 71.7 cm³/mol. The van der Waals surface area contributed by atoms with Crippen molar-refractivity contribution in [3.63, 3.8) is 0 Å². The van der Waals surface area contributed by atoms with Crippen LogP contribution in [0.5, 0.6) is 0 Å². The zero-order chi connectivity index (χ0) is 13.8. The first-order chi connectivity index (χ1) is 9.10. The van der Waals surface area contributed by atoms with Crippen LogP contribution in [0.25, 0.3) is 0 Å². The molecule has 0 fully saturated rings. The topological polar surface area (TPSA) is 37.8 Å². The van der Waals surface area contributed by atoms with Gasteiger partial charge in [0.15, 0.2) is 0 Å². The van der Waals surface area contributed by atoms with Crippen LogP contribution in [0, 0.1) is 11.6 Å². The van der Waals surface area contributed by atoms with E-state index in [0.29, 0.717) is 22.5 Å². The number of anilines is 1. The van der Waals surface area contributed by atoms with Crippen LogP contribution in [0.4, 0.5) is 14.7 Å². The quantitative estimate of drug-likeness (QED) is 0.867. The van der Waals surface area contributed by atoms with Gasteiger partial charge in [0.1, 0.15) is 16.7 Å². The van der Waals surface area contributed by atoms with E-state index < -0.39 is 11.6 Å². The Morgan fingerprint density at radius 1 is 1.37 bits per heavy atom. The first-order valence-corrected chi connectivity index (χ1v) is 6.69. The highest BCUT2D eigenvalue weighted by molar-refractivity contribution is 7.99. The molecule has 1 aromatic heterocycles. The molecule has 0 aliphatic carbocycles.